The maximum absolute atomic E-state index is 11.7. The fourth-order valence-electron chi connectivity index (χ4n) is 2.38. The topological polar surface area (TPSA) is 83.8 Å². The van der Waals surface area contributed by atoms with Gasteiger partial charge in [0.15, 0.2) is 0 Å². The molecule has 0 unspecified atom stereocenters. The van der Waals surface area contributed by atoms with E-state index in [0.29, 0.717) is 22.8 Å². The van der Waals surface area contributed by atoms with Crippen LogP contribution in [-0.2, 0) is 4.79 Å². The second-order valence-electron chi connectivity index (χ2n) is 5.66. The molecule has 2 heterocycles. The fourth-order valence-corrected chi connectivity index (χ4v) is 2.98. The summed E-state index contributed by atoms with van der Waals surface area (Å²) in [5.41, 5.74) is 1.90. The van der Waals surface area contributed by atoms with Gasteiger partial charge < -0.3 is 14.7 Å². The quantitative estimate of drug-likeness (QED) is 0.680. The molecule has 118 valence electrons. The molecule has 23 heavy (non-hydrogen) atoms. The van der Waals surface area contributed by atoms with Crippen molar-refractivity contribution in [1.29, 1.82) is 0 Å². The Hall–Kier alpha value is -2.28. The first-order chi connectivity index (χ1) is 11.3. The van der Waals surface area contributed by atoms with Gasteiger partial charge in [-0.15, -0.1) is 10.2 Å². The zero-order valence-electron chi connectivity index (χ0n) is 12.4. The van der Waals surface area contributed by atoms with E-state index in [4.69, 9.17) is 4.42 Å². The molecule has 0 atom stereocenters. The van der Waals surface area contributed by atoms with Gasteiger partial charge in [0.25, 0.3) is 11.1 Å². The Bertz CT molecular complexity index is 837. The molecule has 1 amide bonds. The molecule has 2 aromatic heterocycles. The third kappa shape index (κ3) is 3.24. The molecule has 2 N–H and O–H groups in total. The number of H-pyrrole nitrogens is 1. The molecule has 1 fully saturated rings. The number of fused-ring (bicyclic) bond motifs is 1. The first-order valence-electron chi connectivity index (χ1n) is 7.59. The minimum absolute atomic E-state index is 0.00810. The van der Waals surface area contributed by atoms with Crippen LogP contribution in [-0.4, -0.2) is 33.4 Å². The molecule has 7 heteroatoms. The van der Waals surface area contributed by atoms with Gasteiger partial charge in [0.2, 0.25) is 5.91 Å². The Labute approximate surface area is 137 Å². The molecule has 1 aliphatic carbocycles. The predicted octanol–water partition coefficient (Wildman–Crippen LogP) is 2.84. The predicted molar refractivity (Wildman–Crippen MR) is 88.0 cm³/mol. The number of hydrogen-bond donors (Lipinski definition) is 2. The largest absolute Gasteiger partial charge is 0.411 e. The lowest BCUT2D eigenvalue weighted by Gasteiger charge is -2.01. The Kier molecular flexibility index (Phi) is 3.78. The van der Waals surface area contributed by atoms with E-state index in [-0.39, 0.29) is 5.91 Å². The third-order valence-corrected chi connectivity index (χ3v) is 4.66. The molecule has 0 spiro atoms. The molecule has 1 aliphatic rings. The van der Waals surface area contributed by atoms with E-state index in [0.717, 1.165) is 23.0 Å². The second-order valence-corrected chi connectivity index (χ2v) is 6.58. The van der Waals surface area contributed by atoms with Crippen molar-refractivity contribution in [3.63, 3.8) is 0 Å². The number of nitrogens with zero attached hydrogens (tertiary/aromatic N) is 2. The summed E-state index contributed by atoms with van der Waals surface area (Å²) in [6, 6.07) is 7.94. The van der Waals surface area contributed by atoms with E-state index in [9.17, 15) is 4.79 Å². The smallest absolute Gasteiger partial charge is 0.277 e. The van der Waals surface area contributed by atoms with Gasteiger partial charge in [-0.25, -0.2) is 0 Å². The van der Waals surface area contributed by atoms with Gasteiger partial charge in [0, 0.05) is 23.6 Å². The highest BCUT2D eigenvalue weighted by molar-refractivity contribution is 7.99. The fraction of sp³-hybridized carbons (Fsp3) is 0.312. The van der Waals surface area contributed by atoms with Crippen LogP contribution < -0.4 is 5.32 Å². The number of hydrogen-bond acceptors (Lipinski definition) is 5. The van der Waals surface area contributed by atoms with E-state index in [2.05, 4.69) is 20.5 Å². The van der Waals surface area contributed by atoms with Crippen LogP contribution in [0.3, 0.4) is 0 Å². The standard InChI is InChI=1S/C16H16N4O2S/c21-14(18-7-10-5-6-10)9-23-16-20-19-15(22-16)12-8-17-13-4-2-1-3-11(12)13/h1-4,8,10,17H,5-7,9H2,(H,18,21). The van der Waals surface area contributed by atoms with Crippen LogP contribution in [0.4, 0.5) is 0 Å². The number of carbonyl (C=O) groups excluding carboxylic acids is 1. The van der Waals surface area contributed by atoms with E-state index in [1.807, 2.05) is 30.5 Å². The van der Waals surface area contributed by atoms with Crippen molar-refractivity contribution in [2.45, 2.75) is 18.1 Å². The molecule has 0 saturated heterocycles. The first-order valence-corrected chi connectivity index (χ1v) is 8.57. The molecule has 6 nitrogen and oxygen atoms in total. The van der Waals surface area contributed by atoms with Crippen LogP contribution in [0.5, 0.6) is 0 Å². The van der Waals surface area contributed by atoms with E-state index in [1.54, 1.807) is 0 Å². The first kappa shape index (κ1) is 14.3. The van der Waals surface area contributed by atoms with Crippen LogP contribution in [0.1, 0.15) is 12.8 Å². The van der Waals surface area contributed by atoms with E-state index in [1.165, 1.54) is 24.6 Å². The molecular formula is C16H16N4O2S. The lowest BCUT2D eigenvalue weighted by molar-refractivity contribution is -0.118. The van der Waals surface area contributed by atoms with Crippen LogP contribution in [0.2, 0.25) is 0 Å². The number of aromatic amines is 1. The summed E-state index contributed by atoms with van der Waals surface area (Å²) in [4.78, 5) is 14.9. The average Bonchev–Trinajstić information content (AvgIpc) is 3.12. The van der Waals surface area contributed by atoms with E-state index >= 15 is 0 Å². The van der Waals surface area contributed by atoms with Crippen molar-refractivity contribution >= 4 is 28.6 Å². The molecule has 1 saturated carbocycles. The highest BCUT2D eigenvalue weighted by Gasteiger charge is 2.21. The van der Waals surface area contributed by atoms with Gasteiger partial charge >= 0.3 is 0 Å². The Morgan fingerprint density at radius 2 is 2.22 bits per heavy atom. The number of para-hydroxylation sites is 1. The van der Waals surface area contributed by atoms with Gasteiger partial charge in [0.05, 0.1) is 11.3 Å². The van der Waals surface area contributed by atoms with Crippen molar-refractivity contribution < 1.29 is 9.21 Å². The molecule has 1 aromatic carbocycles. The number of aromatic nitrogens is 3. The molecule has 4 rings (SSSR count). The van der Waals surface area contributed by atoms with Gasteiger partial charge in [-0.1, -0.05) is 30.0 Å². The summed E-state index contributed by atoms with van der Waals surface area (Å²) < 4.78 is 5.67. The molecule has 0 bridgehead atoms. The Morgan fingerprint density at radius 1 is 1.35 bits per heavy atom. The number of carbonyl (C=O) groups is 1. The minimum atomic E-state index is 0.00810. The summed E-state index contributed by atoms with van der Waals surface area (Å²) in [5.74, 6) is 1.44. The zero-order chi connectivity index (χ0) is 15.6. The van der Waals surface area contributed by atoms with Crippen molar-refractivity contribution in [3.8, 4) is 11.5 Å². The molecule has 3 aromatic rings. The summed E-state index contributed by atoms with van der Waals surface area (Å²) in [5, 5.41) is 12.5. The van der Waals surface area contributed by atoms with Crippen molar-refractivity contribution in [1.82, 2.24) is 20.5 Å². The van der Waals surface area contributed by atoms with Crippen LogP contribution in [0, 0.1) is 5.92 Å². The SMILES string of the molecule is O=C(CSc1nnc(-c2c[nH]c3ccccc23)o1)NCC1CC1. The van der Waals surface area contributed by atoms with Gasteiger partial charge in [-0.2, -0.15) is 0 Å². The number of thioether (sulfide) groups is 1. The van der Waals surface area contributed by atoms with Crippen molar-refractivity contribution in [2.24, 2.45) is 5.92 Å². The van der Waals surface area contributed by atoms with Gasteiger partial charge in [-0.3, -0.25) is 4.79 Å². The average molecular weight is 328 g/mol. The second kappa shape index (κ2) is 6.08. The number of rotatable bonds is 6. The molecular weight excluding hydrogens is 312 g/mol. The normalized spacial score (nSPS) is 14.3. The maximum atomic E-state index is 11.7. The highest BCUT2D eigenvalue weighted by Crippen LogP contribution is 2.29. The molecule has 0 aliphatic heterocycles. The van der Waals surface area contributed by atoms with Crippen LogP contribution >= 0.6 is 11.8 Å². The third-order valence-electron chi connectivity index (χ3n) is 3.84. The summed E-state index contributed by atoms with van der Waals surface area (Å²) >= 11 is 1.26. The molecule has 0 radical (unpaired) electrons. The van der Waals surface area contributed by atoms with Crippen LogP contribution in [0.25, 0.3) is 22.4 Å². The lowest BCUT2D eigenvalue weighted by atomic mass is 10.2. The zero-order valence-corrected chi connectivity index (χ0v) is 13.2. The van der Waals surface area contributed by atoms with Crippen molar-refractivity contribution in [2.75, 3.05) is 12.3 Å². The van der Waals surface area contributed by atoms with Crippen molar-refractivity contribution in [3.05, 3.63) is 30.5 Å². The number of amides is 1. The van der Waals surface area contributed by atoms with Gasteiger partial charge in [0.1, 0.15) is 0 Å². The Morgan fingerprint density at radius 3 is 3.09 bits per heavy atom. The minimum Gasteiger partial charge on any atom is -0.411 e. The van der Waals surface area contributed by atoms with Gasteiger partial charge in [-0.05, 0) is 24.8 Å². The summed E-state index contributed by atoms with van der Waals surface area (Å²) in [6.07, 6.45) is 4.31. The highest BCUT2D eigenvalue weighted by atomic mass is 32.2. The van der Waals surface area contributed by atoms with E-state index < -0.39 is 0 Å². The summed E-state index contributed by atoms with van der Waals surface area (Å²) in [7, 11) is 0. The number of benzene rings is 1. The summed E-state index contributed by atoms with van der Waals surface area (Å²) in [6.45, 7) is 0.782. The van der Waals surface area contributed by atoms with Crippen LogP contribution in [0.15, 0.2) is 40.1 Å². The Balaban J connectivity index is 1.41. The number of nitrogens with one attached hydrogen (secondary N) is 2. The monoisotopic (exact) mass is 328 g/mol. The maximum Gasteiger partial charge on any atom is 0.277 e. The lowest BCUT2D eigenvalue weighted by Crippen LogP contribution is -2.27.